The Morgan fingerprint density at radius 3 is 2.57 bits per heavy atom. The van der Waals surface area contributed by atoms with Crippen LogP contribution in [0.15, 0.2) is 0 Å². The molecule has 11 atom stereocenters. The summed E-state index contributed by atoms with van der Waals surface area (Å²) in [6.45, 7) is 10.3. The highest BCUT2D eigenvalue weighted by molar-refractivity contribution is 5.87. The molecule has 2 unspecified atom stereocenters. The minimum atomic E-state index is -0.417. The molecule has 3 heteroatoms. The molecular weight excluding hydrogens is 372 g/mol. The summed E-state index contributed by atoms with van der Waals surface area (Å²) in [4.78, 5) is 14.0. The normalized spacial score (nSPS) is 60.1. The summed E-state index contributed by atoms with van der Waals surface area (Å²) in [5.41, 5.74) is 0.214. The van der Waals surface area contributed by atoms with E-state index in [0.717, 1.165) is 37.7 Å². The SMILES string of the molecule is CC1CC[C@@]2(OC1)O[C@H]1C[C@H]3[C@@H]4CCC5CCCC[C@]5(C)[C@H]4CC(=O)[C@]3(C)[C@H]1[C@@H]2C. The van der Waals surface area contributed by atoms with Crippen molar-refractivity contribution < 1.29 is 14.3 Å². The summed E-state index contributed by atoms with van der Waals surface area (Å²) in [7, 11) is 0. The highest BCUT2D eigenvalue weighted by Gasteiger charge is 2.71. The molecule has 6 rings (SSSR count). The first kappa shape index (κ1) is 20.2. The van der Waals surface area contributed by atoms with Gasteiger partial charge in [0.2, 0.25) is 0 Å². The van der Waals surface area contributed by atoms with Gasteiger partial charge in [0.25, 0.3) is 0 Å². The highest BCUT2D eigenvalue weighted by atomic mass is 16.7. The largest absolute Gasteiger partial charge is 0.349 e. The number of rotatable bonds is 0. The summed E-state index contributed by atoms with van der Waals surface area (Å²) < 4.78 is 13.2. The molecule has 30 heavy (non-hydrogen) atoms. The molecule has 2 heterocycles. The van der Waals surface area contributed by atoms with Crippen LogP contribution in [0.25, 0.3) is 0 Å². The Hall–Kier alpha value is -0.410. The molecule has 2 aliphatic heterocycles. The van der Waals surface area contributed by atoms with E-state index in [2.05, 4.69) is 27.7 Å². The molecule has 4 saturated carbocycles. The second kappa shape index (κ2) is 6.56. The molecule has 6 aliphatic rings. The number of ketones is 1. The number of Topliss-reactive ketones (excluding diaryl/α,β-unsaturated/α-hetero) is 1. The number of carbonyl (C=O) groups excluding carboxylic acids is 1. The first-order valence-electron chi connectivity index (χ1n) is 13.1. The van der Waals surface area contributed by atoms with Gasteiger partial charge in [-0.15, -0.1) is 0 Å². The molecule has 2 saturated heterocycles. The van der Waals surface area contributed by atoms with Gasteiger partial charge in [0.05, 0.1) is 12.7 Å². The van der Waals surface area contributed by atoms with Crippen molar-refractivity contribution in [1.29, 1.82) is 0 Å². The van der Waals surface area contributed by atoms with Crippen molar-refractivity contribution in [3.05, 3.63) is 0 Å². The number of hydrogen-bond acceptors (Lipinski definition) is 3. The Morgan fingerprint density at radius 2 is 1.80 bits per heavy atom. The average Bonchev–Trinajstić information content (AvgIpc) is 3.17. The minimum absolute atomic E-state index is 0.195. The second-order valence-corrected chi connectivity index (χ2v) is 12.8. The summed E-state index contributed by atoms with van der Waals surface area (Å²) in [5.74, 6) is 4.20. The Bertz CT molecular complexity index is 724. The fraction of sp³-hybridized carbons (Fsp3) is 0.963. The molecular formula is C27H42O3. The van der Waals surface area contributed by atoms with Crippen molar-refractivity contribution in [2.75, 3.05) is 6.61 Å². The van der Waals surface area contributed by atoms with E-state index in [0.29, 0.717) is 40.8 Å². The fourth-order valence-corrected chi connectivity index (χ4v) is 9.99. The summed E-state index contributed by atoms with van der Waals surface area (Å²) in [6, 6.07) is 0. The van der Waals surface area contributed by atoms with Crippen molar-refractivity contribution in [1.82, 2.24) is 0 Å². The van der Waals surface area contributed by atoms with Gasteiger partial charge in [-0.25, -0.2) is 0 Å². The molecule has 3 nitrogen and oxygen atoms in total. The molecule has 0 amide bonds. The van der Waals surface area contributed by atoms with Gasteiger partial charge >= 0.3 is 0 Å². The van der Waals surface area contributed by atoms with Crippen molar-refractivity contribution in [2.45, 2.75) is 104 Å². The van der Waals surface area contributed by atoms with Gasteiger partial charge in [-0.2, -0.15) is 0 Å². The monoisotopic (exact) mass is 414 g/mol. The molecule has 0 aromatic carbocycles. The summed E-state index contributed by atoms with van der Waals surface area (Å²) in [6.07, 6.45) is 12.6. The van der Waals surface area contributed by atoms with E-state index in [4.69, 9.17) is 9.47 Å². The van der Waals surface area contributed by atoms with Crippen molar-refractivity contribution in [3.8, 4) is 0 Å². The second-order valence-electron chi connectivity index (χ2n) is 12.8. The Labute approximate surface area is 183 Å². The van der Waals surface area contributed by atoms with Crippen LogP contribution in [0.4, 0.5) is 0 Å². The third-order valence-electron chi connectivity index (χ3n) is 11.7. The van der Waals surface area contributed by atoms with E-state index in [1.54, 1.807) is 0 Å². The maximum absolute atomic E-state index is 14.0. The smallest absolute Gasteiger partial charge is 0.171 e. The lowest BCUT2D eigenvalue weighted by molar-refractivity contribution is -0.272. The zero-order valence-electron chi connectivity index (χ0n) is 19.6. The van der Waals surface area contributed by atoms with Gasteiger partial charge < -0.3 is 9.47 Å². The molecule has 168 valence electrons. The molecule has 1 spiro atoms. The van der Waals surface area contributed by atoms with E-state index >= 15 is 0 Å². The van der Waals surface area contributed by atoms with Crippen LogP contribution < -0.4 is 0 Å². The van der Waals surface area contributed by atoms with Crippen LogP contribution >= 0.6 is 0 Å². The topological polar surface area (TPSA) is 35.5 Å². The van der Waals surface area contributed by atoms with Gasteiger partial charge in [-0.3, -0.25) is 4.79 Å². The lowest BCUT2D eigenvalue weighted by atomic mass is 9.44. The molecule has 0 aromatic rings. The molecule has 0 N–H and O–H groups in total. The Kier molecular flexibility index (Phi) is 4.42. The predicted octanol–water partition coefficient (Wildman–Crippen LogP) is 6.00. The molecule has 4 aliphatic carbocycles. The number of fused-ring (bicyclic) bond motifs is 7. The zero-order chi connectivity index (χ0) is 20.9. The first-order chi connectivity index (χ1) is 14.3. The Morgan fingerprint density at radius 1 is 0.967 bits per heavy atom. The molecule has 0 bridgehead atoms. The first-order valence-corrected chi connectivity index (χ1v) is 13.1. The van der Waals surface area contributed by atoms with Gasteiger partial charge in [-0.1, -0.05) is 40.5 Å². The van der Waals surface area contributed by atoms with Crippen molar-refractivity contribution >= 4 is 5.78 Å². The van der Waals surface area contributed by atoms with Crippen LogP contribution in [0, 0.1) is 52.3 Å². The third kappa shape index (κ3) is 2.43. The van der Waals surface area contributed by atoms with Crippen LogP contribution in [-0.2, 0) is 14.3 Å². The van der Waals surface area contributed by atoms with Crippen molar-refractivity contribution in [3.63, 3.8) is 0 Å². The van der Waals surface area contributed by atoms with Crippen LogP contribution in [0.1, 0.15) is 91.9 Å². The maximum Gasteiger partial charge on any atom is 0.171 e. The molecule has 0 radical (unpaired) electrons. The number of hydrogen-bond donors (Lipinski definition) is 0. The van der Waals surface area contributed by atoms with Crippen LogP contribution in [0.5, 0.6) is 0 Å². The Balaban J connectivity index is 1.31. The predicted molar refractivity (Wildman–Crippen MR) is 117 cm³/mol. The fourth-order valence-electron chi connectivity index (χ4n) is 9.99. The zero-order valence-corrected chi connectivity index (χ0v) is 19.6. The third-order valence-corrected chi connectivity index (χ3v) is 11.7. The lowest BCUT2D eigenvalue weighted by Crippen LogP contribution is -2.57. The van der Waals surface area contributed by atoms with Gasteiger partial charge in [0.15, 0.2) is 5.79 Å². The lowest BCUT2D eigenvalue weighted by Gasteiger charge is -2.60. The standard InChI is InChI=1S/C27H42O3/c1-16-10-12-27(29-15-16)17(2)24-22(30-27)13-21-19-9-8-18-7-5-6-11-25(18,3)20(19)14-23(28)26(21,24)4/h16-22,24H,5-15H2,1-4H3/t16?,17-,18?,19+,20-,21-,22-,24-,25-,26+,27+/m0/s1. The van der Waals surface area contributed by atoms with E-state index in [1.165, 1.54) is 44.9 Å². The van der Waals surface area contributed by atoms with Gasteiger partial charge in [0, 0.05) is 30.1 Å². The number of ether oxygens (including phenoxy) is 2. The van der Waals surface area contributed by atoms with E-state index < -0.39 is 5.79 Å². The van der Waals surface area contributed by atoms with E-state index in [-0.39, 0.29) is 11.5 Å². The summed E-state index contributed by atoms with van der Waals surface area (Å²) >= 11 is 0. The molecule has 6 fully saturated rings. The van der Waals surface area contributed by atoms with Crippen molar-refractivity contribution in [2.24, 2.45) is 52.3 Å². The van der Waals surface area contributed by atoms with Crippen LogP contribution in [-0.4, -0.2) is 24.3 Å². The van der Waals surface area contributed by atoms with Gasteiger partial charge in [0.1, 0.15) is 5.78 Å². The van der Waals surface area contributed by atoms with E-state index in [1.807, 2.05) is 0 Å². The molecule has 0 aromatic heterocycles. The maximum atomic E-state index is 14.0. The quantitative estimate of drug-likeness (QED) is 0.487. The average molecular weight is 415 g/mol. The van der Waals surface area contributed by atoms with Crippen LogP contribution in [0.2, 0.25) is 0 Å². The van der Waals surface area contributed by atoms with E-state index in [9.17, 15) is 4.79 Å². The number of carbonyl (C=O) groups is 1. The minimum Gasteiger partial charge on any atom is -0.349 e. The highest BCUT2D eigenvalue weighted by Crippen LogP contribution is 2.70. The van der Waals surface area contributed by atoms with Crippen LogP contribution in [0.3, 0.4) is 0 Å². The van der Waals surface area contributed by atoms with Gasteiger partial charge in [-0.05, 0) is 73.5 Å². The summed E-state index contributed by atoms with van der Waals surface area (Å²) in [5, 5.41) is 0.